The molecule has 3 rings (SSSR count). The highest BCUT2D eigenvalue weighted by atomic mass is 16.2. The Labute approximate surface area is 155 Å². The Kier molecular flexibility index (Phi) is 5.10. The first kappa shape index (κ1) is 18.9. The number of hydrogen-bond donors (Lipinski definition) is 0. The van der Waals surface area contributed by atoms with Gasteiger partial charge in [-0.2, -0.15) is 5.10 Å². The number of rotatable bonds is 4. The first-order chi connectivity index (χ1) is 12.2. The predicted molar refractivity (Wildman–Crippen MR) is 99.8 cm³/mol. The van der Waals surface area contributed by atoms with Gasteiger partial charge in [0.2, 0.25) is 5.91 Å². The van der Waals surface area contributed by atoms with Gasteiger partial charge in [0.15, 0.2) is 5.69 Å². The largest absolute Gasteiger partial charge is 0.335 e. The molecule has 0 radical (unpaired) electrons. The van der Waals surface area contributed by atoms with Gasteiger partial charge in [-0.25, -0.2) is 0 Å². The summed E-state index contributed by atoms with van der Waals surface area (Å²) in [6, 6.07) is 1.88. The van der Waals surface area contributed by atoms with Crippen LogP contribution in [0.3, 0.4) is 0 Å². The molecule has 0 aliphatic carbocycles. The van der Waals surface area contributed by atoms with Crippen molar-refractivity contribution in [1.82, 2.24) is 24.5 Å². The van der Waals surface area contributed by atoms with Crippen LogP contribution in [-0.2, 0) is 11.8 Å². The van der Waals surface area contributed by atoms with Crippen molar-refractivity contribution >= 4 is 11.8 Å². The highest BCUT2D eigenvalue weighted by molar-refractivity contribution is 5.97. The van der Waals surface area contributed by atoms with E-state index in [1.54, 1.807) is 9.58 Å². The first-order valence-electron chi connectivity index (χ1n) is 9.47. The monoisotopic (exact) mass is 361 g/mol. The number of amides is 2. The van der Waals surface area contributed by atoms with Crippen LogP contribution in [-0.4, -0.2) is 81.6 Å². The van der Waals surface area contributed by atoms with Crippen molar-refractivity contribution in [2.45, 2.75) is 51.7 Å². The number of likely N-dealkylation sites (N-methyl/N-ethyl adjacent to an activating group) is 1. The fourth-order valence-electron chi connectivity index (χ4n) is 4.10. The number of carbonyl (C=O) groups is 2. The van der Waals surface area contributed by atoms with Crippen molar-refractivity contribution in [3.8, 4) is 0 Å². The summed E-state index contributed by atoms with van der Waals surface area (Å²) in [6.07, 6.45) is 1.60. The average Bonchev–Trinajstić information content (AvgIpc) is 3.13. The lowest BCUT2D eigenvalue weighted by atomic mass is 9.96. The number of aryl methyl sites for hydroxylation is 2. The molecular weight excluding hydrogens is 330 g/mol. The van der Waals surface area contributed by atoms with Crippen LogP contribution in [0, 0.1) is 12.8 Å². The van der Waals surface area contributed by atoms with Gasteiger partial charge in [0.25, 0.3) is 5.91 Å². The van der Waals surface area contributed by atoms with E-state index in [4.69, 9.17) is 0 Å². The lowest BCUT2D eigenvalue weighted by Crippen LogP contribution is -2.61. The highest BCUT2D eigenvalue weighted by Gasteiger charge is 2.47. The molecule has 0 bridgehead atoms. The molecule has 144 valence electrons. The van der Waals surface area contributed by atoms with E-state index in [1.807, 2.05) is 24.9 Å². The highest BCUT2D eigenvalue weighted by Crippen LogP contribution is 2.31. The van der Waals surface area contributed by atoms with Gasteiger partial charge in [0.1, 0.15) is 6.04 Å². The third-order valence-corrected chi connectivity index (χ3v) is 5.76. The minimum Gasteiger partial charge on any atom is -0.335 e. The van der Waals surface area contributed by atoms with Crippen LogP contribution in [0.15, 0.2) is 6.07 Å². The van der Waals surface area contributed by atoms with E-state index in [-0.39, 0.29) is 23.9 Å². The molecule has 0 saturated carbocycles. The molecule has 3 atom stereocenters. The average molecular weight is 361 g/mol. The smallest absolute Gasteiger partial charge is 0.275 e. The first-order valence-corrected chi connectivity index (χ1v) is 9.47. The zero-order valence-corrected chi connectivity index (χ0v) is 16.8. The van der Waals surface area contributed by atoms with Crippen molar-refractivity contribution in [2.75, 3.05) is 27.2 Å². The van der Waals surface area contributed by atoms with Crippen molar-refractivity contribution in [2.24, 2.45) is 13.0 Å². The molecule has 0 N–H and O–H groups in total. The molecule has 2 saturated heterocycles. The molecule has 1 aromatic rings. The summed E-state index contributed by atoms with van der Waals surface area (Å²) < 4.78 is 1.71. The molecule has 2 fully saturated rings. The second-order valence-corrected chi connectivity index (χ2v) is 8.39. The molecule has 26 heavy (non-hydrogen) atoms. The minimum absolute atomic E-state index is 0.0975. The van der Waals surface area contributed by atoms with Crippen molar-refractivity contribution < 1.29 is 9.59 Å². The maximum Gasteiger partial charge on any atom is 0.275 e. The van der Waals surface area contributed by atoms with E-state index >= 15 is 0 Å². The normalized spacial score (nSPS) is 26.2. The zero-order valence-electron chi connectivity index (χ0n) is 16.8. The summed E-state index contributed by atoms with van der Waals surface area (Å²) in [5.41, 5.74) is 1.37. The van der Waals surface area contributed by atoms with Crippen LogP contribution in [0.25, 0.3) is 0 Å². The Morgan fingerprint density at radius 1 is 1.35 bits per heavy atom. The van der Waals surface area contributed by atoms with E-state index in [0.717, 1.165) is 18.7 Å². The van der Waals surface area contributed by atoms with E-state index < -0.39 is 0 Å². The number of aromatic nitrogens is 2. The maximum atomic E-state index is 13.2. The van der Waals surface area contributed by atoms with Crippen LogP contribution in [0.2, 0.25) is 0 Å². The van der Waals surface area contributed by atoms with E-state index in [0.29, 0.717) is 30.6 Å². The van der Waals surface area contributed by atoms with Crippen LogP contribution < -0.4 is 0 Å². The van der Waals surface area contributed by atoms with Crippen LogP contribution in [0.5, 0.6) is 0 Å². The Morgan fingerprint density at radius 2 is 2.04 bits per heavy atom. The van der Waals surface area contributed by atoms with Gasteiger partial charge in [0.05, 0.1) is 6.04 Å². The lowest BCUT2D eigenvalue weighted by molar-refractivity contribution is -0.142. The summed E-state index contributed by atoms with van der Waals surface area (Å²) >= 11 is 0. The number of hydrogen-bond acceptors (Lipinski definition) is 4. The molecule has 7 heteroatoms. The van der Waals surface area contributed by atoms with Gasteiger partial charge in [0, 0.05) is 31.9 Å². The summed E-state index contributed by atoms with van der Waals surface area (Å²) in [5, 5.41) is 4.34. The molecule has 0 spiro atoms. The molecule has 7 nitrogen and oxygen atoms in total. The summed E-state index contributed by atoms with van der Waals surface area (Å²) in [4.78, 5) is 32.4. The number of fused-ring (bicyclic) bond motifs is 1. The Hall–Kier alpha value is -1.89. The van der Waals surface area contributed by atoms with Crippen molar-refractivity contribution in [1.29, 1.82) is 0 Å². The summed E-state index contributed by atoms with van der Waals surface area (Å²) in [6.45, 7) is 7.48. The number of nitrogens with zero attached hydrogens (tertiary/aromatic N) is 5. The van der Waals surface area contributed by atoms with Crippen molar-refractivity contribution in [3.63, 3.8) is 0 Å². The zero-order chi connectivity index (χ0) is 19.2. The molecule has 2 aliphatic rings. The summed E-state index contributed by atoms with van der Waals surface area (Å²) in [7, 11) is 5.94. The maximum absolute atomic E-state index is 13.2. The lowest BCUT2D eigenvalue weighted by Gasteiger charge is -2.43. The van der Waals surface area contributed by atoms with Crippen LogP contribution in [0.1, 0.15) is 42.9 Å². The molecular formula is C19H31N5O2. The topological polar surface area (TPSA) is 61.7 Å². The minimum atomic E-state index is -0.387. The number of piperazine rings is 1. The fraction of sp³-hybridized carbons (Fsp3) is 0.737. The second kappa shape index (κ2) is 7.02. The fourth-order valence-corrected chi connectivity index (χ4v) is 4.10. The Balaban J connectivity index is 1.89. The Morgan fingerprint density at radius 3 is 2.58 bits per heavy atom. The molecule has 2 amide bonds. The molecule has 0 unspecified atom stereocenters. The van der Waals surface area contributed by atoms with Gasteiger partial charge < -0.3 is 14.7 Å². The van der Waals surface area contributed by atoms with Gasteiger partial charge in [-0.1, -0.05) is 13.8 Å². The third-order valence-electron chi connectivity index (χ3n) is 5.76. The van der Waals surface area contributed by atoms with Gasteiger partial charge in [-0.15, -0.1) is 0 Å². The van der Waals surface area contributed by atoms with Crippen LogP contribution in [0.4, 0.5) is 0 Å². The SMILES string of the molecule is Cc1cc(C(=O)N2C[C@@H]3C[C@H](N(C)C)CN3C(=O)[C@@H]2CC(C)C)nn1C. The standard InChI is InChI=1S/C19H31N5O2/c1-12(2)7-17-19(26)23-10-14(21(4)5)9-15(23)11-24(17)18(25)16-8-13(3)22(6)20-16/h8,12,14-15,17H,7,9-11H2,1-6H3/t14-,15-,17-/m0/s1. The molecule has 0 aromatic carbocycles. The Bertz CT molecular complexity index is 677. The summed E-state index contributed by atoms with van der Waals surface area (Å²) in [5.74, 6) is 0.314. The quantitative estimate of drug-likeness (QED) is 0.807. The van der Waals surface area contributed by atoms with E-state index in [9.17, 15) is 9.59 Å². The number of carbonyl (C=O) groups excluding carboxylic acids is 2. The third kappa shape index (κ3) is 3.37. The molecule has 1 aromatic heterocycles. The van der Waals surface area contributed by atoms with Crippen molar-refractivity contribution in [3.05, 3.63) is 17.5 Å². The predicted octanol–water partition coefficient (Wildman–Crippen LogP) is 1.13. The van der Waals surface area contributed by atoms with Crippen LogP contribution >= 0.6 is 0 Å². The second-order valence-electron chi connectivity index (χ2n) is 8.39. The van der Waals surface area contributed by atoms with Gasteiger partial charge in [-0.3, -0.25) is 14.3 Å². The van der Waals surface area contributed by atoms with E-state index in [2.05, 4.69) is 37.9 Å². The van der Waals surface area contributed by atoms with E-state index in [1.165, 1.54) is 0 Å². The van der Waals surface area contributed by atoms with Gasteiger partial charge in [-0.05, 0) is 45.8 Å². The molecule has 2 aliphatic heterocycles. The molecule has 3 heterocycles. The van der Waals surface area contributed by atoms with Gasteiger partial charge >= 0.3 is 0 Å².